The van der Waals surface area contributed by atoms with Crippen LogP contribution in [0.5, 0.6) is 0 Å². The number of benzene rings is 1. The number of hydrogen-bond donors (Lipinski definition) is 6. The van der Waals surface area contributed by atoms with E-state index in [9.17, 15) is 43.5 Å². The number of unbranched alkanes of at least 4 members (excludes halogenated alkanes) is 1. The van der Waals surface area contributed by atoms with E-state index in [4.69, 9.17) is 10.5 Å². The fourth-order valence-corrected chi connectivity index (χ4v) is 7.23. The Labute approximate surface area is 328 Å². The average molecular weight is 785 g/mol. The van der Waals surface area contributed by atoms with Crippen LogP contribution in [-0.2, 0) is 49.5 Å². The van der Waals surface area contributed by atoms with E-state index >= 15 is 0 Å². The topological polar surface area (TPSA) is 243 Å². The summed E-state index contributed by atoms with van der Waals surface area (Å²) in [6.45, 7) is 6.40. The number of carbonyl (C=O) groups is 8. The molecular formula is C40H60N6O10. The zero-order valence-corrected chi connectivity index (χ0v) is 33.1. The first-order valence-corrected chi connectivity index (χ1v) is 19.9. The van der Waals surface area contributed by atoms with Gasteiger partial charge in [-0.05, 0) is 48.6 Å². The molecule has 1 aromatic rings. The van der Waals surface area contributed by atoms with Crippen molar-refractivity contribution in [3.8, 4) is 0 Å². The molecule has 310 valence electrons. The van der Waals surface area contributed by atoms with Gasteiger partial charge < -0.3 is 41.7 Å². The van der Waals surface area contributed by atoms with Gasteiger partial charge in [0.25, 0.3) is 5.91 Å². The molecule has 16 heteroatoms. The number of carbonyl (C=O) groups excluding carboxylic acids is 7. The number of Topliss-reactive ketones (excluding diaryl/α,β-unsaturated/α-hetero) is 1. The molecule has 16 nitrogen and oxygen atoms in total. The van der Waals surface area contributed by atoms with Gasteiger partial charge in [-0.3, -0.25) is 33.6 Å². The van der Waals surface area contributed by atoms with Crippen LogP contribution < -0.4 is 27.0 Å². The van der Waals surface area contributed by atoms with Crippen LogP contribution in [-0.4, -0.2) is 107 Å². The minimum Gasteiger partial charge on any atom is -0.480 e. The Morgan fingerprint density at radius 2 is 1.55 bits per heavy atom. The number of ether oxygens (including phenoxy) is 1. The second kappa shape index (κ2) is 22.6. The van der Waals surface area contributed by atoms with Gasteiger partial charge in [0.15, 0.2) is 0 Å². The molecule has 1 aliphatic heterocycles. The number of nitrogens with one attached hydrogen (secondary N) is 4. The summed E-state index contributed by atoms with van der Waals surface area (Å²) in [5, 5.41) is 19.5. The number of rotatable bonds is 22. The predicted molar refractivity (Wildman–Crippen MR) is 206 cm³/mol. The number of amides is 6. The fourth-order valence-electron chi connectivity index (χ4n) is 7.23. The van der Waals surface area contributed by atoms with Gasteiger partial charge in [0.1, 0.15) is 24.7 Å². The molecule has 56 heavy (non-hydrogen) atoms. The molecule has 2 fully saturated rings. The van der Waals surface area contributed by atoms with Crippen molar-refractivity contribution in [3.05, 3.63) is 35.4 Å². The van der Waals surface area contributed by atoms with Crippen molar-refractivity contribution >= 4 is 47.2 Å². The third kappa shape index (κ3) is 14.0. The van der Waals surface area contributed by atoms with E-state index in [-0.39, 0.29) is 37.6 Å². The predicted octanol–water partition coefficient (Wildman–Crippen LogP) is 1.62. The lowest BCUT2D eigenvalue weighted by atomic mass is 9.83. The molecule has 0 spiro atoms. The van der Waals surface area contributed by atoms with Crippen molar-refractivity contribution in [2.75, 3.05) is 19.7 Å². The van der Waals surface area contributed by atoms with Crippen LogP contribution in [0.15, 0.2) is 24.3 Å². The molecule has 1 aliphatic carbocycles. The molecule has 0 radical (unpaired) electrons. The van der Waals surface area contributed by atoms with E-state index in [2.05, 4.69) is 35.1 Å². The maximum Gasteiger partial charge on any atom is 0.329 e. The van der Waals surface area contributed by atoms with Crippen molar-refractivity contribution in [3.63, 3.8) is 0 Å². The number of ketones is 1. The summed E-state index contributed by atoms with van der Waals surface area (Å²) < 4.78 is 5.53. The summed E-state index contributed by atoms with van der Waals surface area (Å²) in [7, 11) is 0. The standard InChI is InChI=1S/C40H60N6O10/c1-5-7-14-30(37(41)52)43-33(48)21-42-39(54)36(51)29(11-6-2)44-38(53)31-20-28(56-23-34(49)50)22-46(31)40(55)35(27-12-9-8-10-13-27)45-32(47)19-25-15-17-26(18-16-25)24(3)4/h15-18,24,27-31,35H,5-14,19-23H2,1-4H3,(H2,41,52)(H,42,54)(H,43,48)(H,44,53)(H,45,47)(H,49,50)/t28-,29?,30?,31+,35?/m1/s1. The summed E-state index contributed by atoms with van der Waals surface area (Å²) in [6, 6.07) is 3.28. The van der Waals surface area contributed by atoms with Crippen LogP contribution in [0.4, 0.5) is 0 Å². The van der Waals surface area contributed by atoms with Gasteiger partial charge in [0, 0.05) is 13.0 Å². The average Bonchev–Trinajstić information content (AvgIpc) is 3.61. The highest BCUT2D eigenvalue weighted by atomic mass is 16.5. The number of nitrogens with two attached hydrogens (primary N) is 1. The van der Waals surface area contributed by atoms with Crippen LogP contribution in [0.2, 0.25) is 0 Å². The van der Waals surface area contributed by atoms with Crippen LogP contribution in [0.1, 0.15) is 115 Å². The van der Waals surface area contributed by atoms with Gasteiger partial charge in [0.05, 0.1) is 25.1 Å². The number of hydrogen-bond acceptors (Lipinski definition) is 9. The van der Waals surface area contributed by atoms with E-state index in [1.165, 1.54) is 4.90 Å². The quantitative estimate of drug-likeness (QED) is 0.0929. The Kier molecular flexibility index (Phi) is 18.4. The monoisotopic (exact) mass is 784 g/mol. The summed E-state index contributed by atoms with van der Waals surface area (Å²) in [5.74, 6) is -6.34. The molecule has 3 rings (SSSR count). The molecule has 7 N–H and O–H groups in total. The molecular weight excluding hydrogens is 724 g/mol. The third-order valence-corrected chi connectivity index (χ3v) is 10.4. The molecule has 3 unspecified atom stereocenters. The molecule has 1 heterocycles. The Morgan fingerprint density at radius 1 is 0.875 bits per heavy atom. The highest BCUT2D eigenvalue weighted by Gasteiger charge is 2.45. The largest absolute Gasteiger partial charge is 0.480 e. The second-order valence-corrected chi connectivity index (χ2v) is 15.1. The molecule has 1 saturated heterocycles. The van der Waals surface area contributed by atoms with Gasteiger partial charge in [0.2, 0.25) is 35.3 Å². The molecule has 1 saturated carbocycles. The first-order valence-electron chi connectivity index (χ1n) is 19.9. The number of carboxylic acid groups (broad SMARTS) is 1. The zero-order chi connectivity index (χ0) is 41.4. The van der Waals surface area contributed by atoms with Crippen molar-refractivity contribution < 1.29 is 48.2 Å². The molecule has 0 aromatic heterocycles. The first kappa shape index (κ1) is 45.5. The maximum atomic E-state index is 14.5. The molecule has 2 aliphatic rings. The van der Waals surface area contributed by atoms with Crippen LogP contribution >= 0.6 is 0 Å². The Morgan fingerprint density at radius 3 is 2.14 bits per heavy atom. The van der Waals surface area contributed by atoms with Gasteiger partial charge in [-0.15, -0.1) is 0 Å². The van der Waals surface area contributed by atoms with Gasteiger partial charge >= 0.3 is 5.97 Å². The number of nitrogens with zero attached hydrogens (tertiary/aromatic N) is 1. The van der Waals surface area contributed by atoms with E-state index < -0.39 is 84.7 Å². The number of likely N-dealkylation sites (tertiary alicyclic amines) is 1. The summed E-state index contributed by atoms with van der Waals surface area (Å²) in [4.78, 5) is 105. The zero-order valence-electron chi connectivity index (χ0n) is 33.1. The Balaban J connectivity index is 1.78. The third-order valence-electron chi connectivity index (χ3n) is 10.4. The fraction of sp³-hybridized carbons (Fsp3) is 0.650. The van der Waals surface area contributed by atoms with Gasteiger partial charge in [-0.1, -0.05) is 90.5 Å². The minimum absolute atomic E-state index is 0.0399. The SMILES string of the molecule is CCCCC(NC(=O)CNC(=O)C(=O)C(CCC)NC(=O)[C@@H]1C[C@@H](OCC(=O)O)CN1C(=O)C(NC(=O)Cc1ccc(C(C)C)cc1)C1CCCCC1)C(N)=O. The lowest BCUT2D eigenvalue weighted by Gasteiger charge is -2.35. The lowest BCUT2D eigenvalue weighted by molar-refractivity contribution is -0.145. The summed E-state index contributed by atoms with van der Waals surface area (Å²) in [5.41, 5.74) is 7.28. The maximum absolute atomic E-state index is 14.5. The summed E-state index contributed by atoms with van der Waals surface area (Å²) >= 11 is 0. The smallest absolute Gasteiger partial charge is 0.329 e. The van der Waals surface area contributed by atoms with Crippen molar-refractivity contribution in [2.24, 2.45) is 11.7 Å². The van der Waals surface area contributed by atoms with E-state index in [0.29, 0.717) is 38.0 Å². The lowest BCUT2D eigenvalue weighted by Crippen LogP contribution is -2.58. The van der Waals surface area contributed by atoms with Crippen molar-refractivity contribution in [1.29, 1.82) is 0 Å². The van der Waals surface area contributed by atoms with Gasteiger partial charge in [-0.2, -0.15) is 0 Å². The molecule has 5 atom stereocenters. The summed E-state index contributed by atoms with van der Waals surface area (Å²) in [6.07, 6.45) is 5.38. The molecule has 6 amide bonds. The van der Waals surface area contributed by atoms with Crippen LogP contribution in [0, 0.1) is 5.92 Å². The normalized spacial score (nSPS) is 18.7. The first-order chi connectivity index (χ1) is 26.6. The molecule has 0 bridgehead atoms. The molecule has 1 aromatic carbocycles. The van der Waals surface area contributed by atoms with E-state index in [0.717, 1.165) is 36.8 Å². The van der Waals surface area contributed by atoms with Gasteiger partial charge in [-0.25, -0.2) is 4.79 Å². The highest BCUT2D eigenvalue weighted by Crippen LogP contribution is 2.30. The second-order valence-electron chi connectivity index (χ2n) is 15.1. The van der Waals surface area contributed by atoms with E-state index in [1.54, 1.807) is 6.92 Å². The number of primary amides is 1. The van der Waals surface area contributed by atoms with Crippen molar-refractivity contribution in [1.82, 2.24) is 26.2 Å². The number of carboxylic acids is 1. The minimum atomic E-state index is -1.31. The van der Waals surface area contributed by atoms with Crippen molar-refractivity contribution in [2.45, 2.75) is 141 Å². The Hall–Kier alpha value is -4.86. The van der Waals surface area contributed by atoms with E-state index in [1.807, 2.05) is 31.2 Å². The number of aliphatic carboxylic acids is 1. The Bertz CT molecular complexity index is 1540. The van der Waals surface area contributed by atoms with Crippen LogP contribution in [0.3, 0.4) is 0 Å². The van der Waals surface area contributed by atoms with Crippen LogP contribution in [0.25, 0.3) is 0 Å². The highest BCUT2D eigenvalue weighted by molar-refractivity contribution is 6.38.